The second kappa shape index (κ2) is 3.33. The van der Waals surface area contributed by atoms with Crippen molar-refractivity contribution in [1.82, 2.24) is 4.68 Å². The molecule has 4 nitrogen and oxygen atoms in total. The molecule has 0 aliphatic rings. The Morgan fingerprint density at radius 2 is 1.86 bits per heavy atom. The third-order valence-corrected chi connectivity index (χ3v) is 1.93. The summed E-state index contributed by atoms with van der Waals surface area (Å²) in [4.78, 5) is 0. The fraction of sp³-hybridized carbons (Fsp3) is 0. The maximum Gasteiger partial charge on any atom is 0.165 e. The van der Waals surface area contributed by atoms with Gasteiger partial charge in [-0.1, -0.05) is 18.2 Å². The van der Waals surface area contributed by atoms with E-state index in [1.807, 2.05) is 30.3 Å². The van der Waals surface area contributed by atoms with Crippen LogP contribution in [0, 0.1) is 0 Å². The molecule has 0 atom stereocenters. The van der Waals surface area contributed by atoms with Crippen LogP contribution in [0.15, 0.2) is 42.6 Å². The molecule has 2 aromatic rings. The van der Waals surface area contributed by atoms with E-state index in [-0.39, 0.29) is 5.75 Å². The molecule has 0 radical (unpaired) electrons. The standard InChI is InChI=1S/C10H11N3O/c11-10-9(14)6-7-13(10)12-8-4-2-1-3-5-8/h1-7,12,14H,11H2. The lowest BCUT2D eigenvalue weighted by molar-refractivity contribution is 0.478. The second-order valence-electron chi connectivity index (χ2n) is 2.93. The molecule has 14 heavy (non-hydrogen) atoms. The number of nitrogens with one attached hydrogen (secondary N) is 1. The zero-order chi connectivity index (χ0) is 9.97. The Morgan fingerprint density at radius 3 is 2.43 bits per heavy atom. The van der Waals surface area contributed by atoms with Crippen molar-refractivity contribution in [3.05, 3.63) is 42.6 Å². The fourth-order valence-electron chi connectivity index (χ4n) is 1.18. The summed E-state index contributed by atoms with van der Waals surface area (Å²) < 4.78 is 1.56. The van der Waals surface area contributed by atoms with Crippen molar-refractivity contribution in [2.45, 2.75) is 0 Å². The van der Waals surface area contributed by atoms with Crippen LogP contribution in [0.2, 0.25) is 0 Å². The summed E-state index contributed by atoms with van der Waals surface area (Å²) in [5, 5.41) is 9.23. The highest BCUT2D eigenvalue weighted by atomic mass is 16.3. The molecule has 0 fully saturated rings. The third kappa shape index (κ3) is 1.50. The van der Waals surface area contributed by atoms with Gasteiger partial charge in [-0.15, -0.1) is 0 Å². The number of benzene rings is 1. The van der Waals surface area contributed by atoms with Gasteiger partial charge in [-0.2, -0.15) is 0 Å². The molecule has 1 aromatic heterocycles. The normalized spacial score (nSPS) is 10.0. The molecule has 0 aliphatic heterocycles. The van der Waals surface area contributed by atoms with Gasteiger partial charge < -0.3 is 10.8 Å². The van der Waals surface area contributed by atoms with Crippen LogP contribution in [0.3, 0.4) is 0 Å². The molecule has 0 bridgehead atoms. The van der Waals surface area contributed by atoms with E-state index < -0.39 is 0 Å². The lowest BCUT2D eigenvalue weighted by Gasteiger charge is -2.08. The van der Waals surface area contributed by atoms with Crippen molar-refractivity contribution in [3.8, 4) is 5.75 Å². The smallest absolute Gasteiger partial charge is 0.165 e. The van der Waals surface area contributed by atoms with Gasteiger partial charge in [-0.05, 0) is 12.1 Å². The molecule has 0 amide bonds. The lowest BCUT2D eigenvalue weighted by atomic mass is 10.3. The fourth-order valence-corrected chi connectivity index (χ4v) is 1.18. The van der Waals surface area contributed by atoms with Crippen LogP contribution in [0.4, 0.5) is 11.5 Å². The number of aromatic nitrogens is 1. The van der Waals surface area contributed by atoms with Gasteiger partial charge in [0.2, 0.25) is 0 Å². The van der Waals surface area contributed by atoms with E-state index in [9.17, 15) is 5.11 Å². The SMILES string of the molecule is Nc1c(O)ccn1Nc1ccccc1. The summed E-state index contributed by atoms with van der Waals surface area (Å²) in [6.07, 6.45) is 1.66. The quantitative estimate of drug-likeness (QED) is 0.673. The Hall–Kier alpha value is -2.10. The first-order chi connectivity index (χ1) is 6.77. The summed E-state index contributed by atoms with van der Waals surface area (Å²) in [7, 11) is 0. The molecule has 0 aliphatic carbocycles. The summed E-state index contributed by atoms with van der Waals surface area (Å²) in [6, 6.07) is 11.1. The first-order valence-corrected chi connectivity index (χ1v) is 4.25. The average molecular weight is 189 g/mol. The van der Waals surface area contributed by atoms with Crippen LogP contribution in [0.25, 0.3) is 0 Å². The highest BCUT2D eigenvalue weighted by molar-refractivity contribution is 5.51. The summed E-state index contributed by atoms with van der Waals surface area (Å²) in [6.45, 7) is 0. The summed E-state index contributed by atoms with van der Waals surface area (Å²) in [5.74, 6) is 0.377. The monoisotopic (exact) mass is 189 g/mol. The highest BCUT2D eigenvalue weighted by Crippen LogP contribution is 2.20. The van der Waals surface area contributed by atoms with Gasteiger partial charge >= 0.3 is 0 Å². The van der Waals surface area contributed by atoms with Crippen LogP contribution in [0.5, 0.6) is 5.75 Å². The van der Waals surface area contributed by atoms with E-state index in [1.54, 1.807) is 10.9 Å². The number of aromatic hydroxyl groups is 1. The molecule has 4 N–H and O–H groups in total. The molecule has 0 saturated heterocycles. The molecule has 1 aromatic carbocycles. The first kappa shape index (κ1) is 8.50. The van der Waals surface area contributed by atoms with Gasteiger partial charge in [0.15, 0.2) is 11.6 Å². The number of hydrogen-bond acceptors (Lipinski definition) is 3. The van der Waals surface area contributed by atoms with E-state index in [0.717, 1.165) is 5.69 Å². The molecular formula is C10H11N3O. The third-order valence-electron chi connectivity index (χ3n) is 1.93. The van der Waals surface area contributed by atoms with E-state index in [1.165, 1.54) is 6.07 Å². The van der Waals surface area contributed by atoms with Crippen molar-refractivity contribution >= 4 is 11.5 Å². The number of nitrogens with two attached hydrogens (primary N) is 1. The molecule has 2 rings (SSSR count). The molecule has 0 saturated carbocycles. The van der Waals surface area contributed by atoms with Crippen molar-refractivity contribution in [2.24, 2.45) is 0 Å². The molecule has 1 heterocycles. The summed E-state index contributed by atoms with van der Waals surface area (Å²) in [5.41, 5.74) is 9.54. The lowest BCUT2D eigenvalue weighted by Crippen LogP contribution is -2.10. The summed E-state index contributed by atoms with van der Waals surface area (Å²) >= 11 is 0. The van der Waals surface area contributed by atoms with Crippen LogP contribution in [-0.4, -0.2) is 9.78 Å². The zero-order valence-corrected chi connectivity index (χ0v) is 7.51. The van der Waals surface area contributed by atoms with Crippen molar-refractivity contribution in [1.29, 1.82) is 0 Å². The Kier molecular flexibility index (Phi) is 2.02. The Morgan fingerprint density at radius 1 is 1.14 bits per heavy atom. The number of para-hydroxylation sites is 1. The number of nitrogen functional groups attached to an aromatic ring is 1. The second-order valence-corrected chi connectivity index (χ2v) is 2.93. The van der Waals surface area contributed by atoms with Crippen LogP contribution < -0.4 is 11.2 Å². The molecule has 0 spiro atoms. The van der Waals surface area contributed by atoms with Crippen molar-refractivity contribution in [3.63, 3.8) is 0 Å². The van der Waals surface area contributed by atoms with E-state index >= 15 is 0 Å². The van der Waals surface area contributed by atoms with Gasteiger partial charge in [-0.25, -0.2) is 4.68 Å². The molecule has 4 heteroatoms. The largest absolute Gasteiger partial charge is 0.504 e. The van der Waals surface area contributed by atoms with Crippen LogP contribution in [-0.2, 0) is 0 Å². The highest BCUT2D eigenvalue weighted by Gasteiger charge is 2.02. The van der Waals surface area contributed by atoms with E-state index in [2.05, 4.69) is 5.43 Å². The number of nitrogens with zero attached hydrogens (tertiary/aromatic N) is 1. The molecular weight excluding hydrogens is 178 g/mol. The number of hydrogen-bond donors (Lipinski definition) is 3. The maximum atomic E-state index is 9.23. The predicted octanol–water partition coefficient (Wildman–Crippen LogP) is 1.65. The molecule has 0 unspecified atom stereocenters. The van der Waals surface area contributed by atoms with Crippen LogP contribution in [0.1, 0.15) is 0 Å². The number of anilines is 2. The zero-order valence-electron chi connectivity index (χ0n) is 7.51. The Balaban J connectivity index is 2.23. The van der Waals surface area contributed by atoms with Crippen LogP contribution >= 0.6 is 0 Å². The van der Waals surface area contributed by atoms with Crippen molar-refractivity contribution in [2.75, 3.05) is 11.2 Å². The maximum absolute atomic E-state index is 9.23. The van der Waals surface area contributed by atoms with Crippen molar-refractivity contribution < 1.29 is 5.11 Å². The number of rotatable bonds is 2. The molecule has 72 valence electrons. The van der Waals surface area contributed by atoms with Gasteiger partial charge in [-0.3, -0.25) is 5.43 Å². The topological polar surface area (TPSA) is 63.2 Å². The van der Waals surface area contributed by atoms with Gasteiger partial charge in [0.1, 0.15) is 0 Å². The van der Waals surface area contributed by atoms with E-state index in [4.69, 9.17) is 5.73 Å². The average Bonchev–Trinajstić information content (AvgIpc) is 2.52. The van der Waals surface area contributed by atoms with Gasteiger partial charge in [0, 0.05) is 12.3 Å². The minimum Gasteiger partial charge on any atom is -0.504 e. The Labute approximate surface area is 81.6 Å². The minimum absolute atomic E-state index is 0.0773. The first-order valence-electron chi connectivity index (χ1n) is 4.25. The van der Waals surface area contributed by atoms with E-state index in [0.29, 0.717) is 5.82 Å². The minimum atomic E-state index is 0.0773. The Bertz CT molecular complexity index is 422. The predicted molar refractivity (Wildman–Crippen MR) is 56.0 cm³/mol. The van der Waals surface area contributed by atoms with Gasteiger partial charge in [0.05, 0.1) is 5.69 Å². The van der Waals surface area contributed by atoms with Gasteiger partial charge in [0.25, 0.3) is 0 Å².